The van der Waals surface area contributed by atoms with Gasteiger partial charge in [-0.1, -0.05) is 38.0 Å². The summed E-state index contributed by atoms with van der Waals surface area (Å²) < 4.78 is 33.2. The average Bonchev–Trinajstić information content (AvgIpc) is 2.46. The second-order valence-corrected chi connectivity index (χ2v) is 5.45. The molecule has 0 saturated carbocycles. The van der Waals surface area contributed by atoms with Gasteiger partial charge in [0.25, 0.3) is 0 Å². The van der Waals surface area contributed by atoms with Gasteiger partial charge in [0.1, 0.15) is 0 Å². The summed E-state index contributed by atoms with van der Waals surface area (Å²) in [5.41, 5.74) is 1.94. The van der Waals surface area contributed by atoms with Crippen LogP contribution in [-0.2, 0) is 4.74 Å². The average molecular weight is 280 g/mol. The van der Waals surface area contributed by atoms with E-state index < -0.39 is 11.6 Å². The van der Waals surface area contributed by atoms with Crippen molar-refractivity contribution < 1.29 is 13.5 Å². The largest absolute Gasteiger partial charge is 0.369 e. The van der Waals surface area contributed by atoms with E-state index in [0.717, 1.165) is 6.42 Å². The molecule has 0 N–H and O–H groups in total. The van der Waals surface area contributed by atoms with Crippen LogP contribution >= 0.6 is 0 Å². The lowest BCUT2D eigenvalue weighted by Gasteiger charge is -2.24. The molecular formula is C17H22F2O. The van der Waals surface area contributed by atoms with E-state index in [-0.39, 0.29) is 6.10 Å². The molecule has 1 atom stereocenters. The summed E-state index contributed by atoms with van der Waals surface area (Å²) in [6.07, 6.45) is 7.03. The Labute approximate surface area is 119 Å². The Hall–Kier alpha value is -1.22. The molecule has 1 heterocycles. The van der Waals surface area contributed by atoms with Crippen LogP contribution in [0.2, 0.25) is 0 Å². The van der Waals surface area contributed by atoms with Gasteiger partial charge in [0.2, 0.25) is 0 Å². The topological polar surface area (TPSA) is 9.23 Å². The fourth-order valence-corrected chi connectivity index (χ4v) is 2.51. The summed E-state index contributed by atoms with van der Waals surface area (Å²) in [6, 6.07) is 3.24. The maximum absolute atomic E-state index is 13.9. The van der Waals surface area contributed by atoms with E-state index in [1.54, 1.807) is 19.1 Å². The minimum Gasteiger partial charge on any atom is -0.369 e. The lowest BCUT2D eigenvalue weighted by Crippen LogP contribution is -2.14. The quantitative estimate of drug-likeness (QED) is 0.529. The van der Waals surface area contributed by atoms with Crippen LogP contribution in [0.1, 0.15) is 56.3 Å². The van der Waals surface area contributed by atoms with E-state index in [0.29, 0.717) is 24.2 Å². The zero-order valence-corrected chi connectivity index (χ0v) is 12.2. The molecule has 1 aliphatic heterocycles. The van der Waals surface area contributed by atoms with Crippen molar-refractivity contribution in [1.82, 2.24) is 0 Å². The highest BCUT2D eigenvalue weighted by molar-refractivity contribution is 5.28. The molecule has 1 nitrogen and oxygen atoms in total. The highest BCUT2D eigenvalue weighted by Crippen LogP contribution is 2.31. The van der Waals surface area contributed by atoms with Crippen LogP contribution in [0.3, 0.4) is 0 Å². The molecule has 110 valence electrons. The molecule has 0 aliphatic carbocycles. The number of hydrogen-bond donors (Lipinski definition) is 0. The van der Waals surface area contributed by atoms with E-state index in [4.69, 9.17) is 4.74 Å². The summed E-state index contributed by atoms with van der Waals surface area (Å²) >= 11 is 0. The summed E-state index contributed by atoms with van der Waals surface area (Å²) in [6.45, 7) is 4.27. The highest BCUT2D eigenvalue weighted by Gasteiger charge is 2.22. The SMILES string of the molecule is CCCCCC1=CCC(c2ccc(C)c(F)c2F)OC1. The Morgan fingerprint density at radius 1 is 1.20 bits per heavy atom. The van der Waals surface area contributed by atoms with E-state index >= 15 is 0 Å². The van der Waals surface area contributed by atoms with Crippen molar-refractivity contribution in [3.63, 3.8) is 0 Å². The molecule has 3 heteroatoms. The molecule has 1 aromatic rings. The fraction of sp³-hybridized carbons (Fsp3) is 0.529. The molecule has 1 aliphatic rings. The molecule has 0 saturated heterocycles. The molecule has 1 unspecified atom stereocenters. The highest BCUT2D eigenvalue weighted by atomic mass is 19.2. The third kappa shape index (κ3) is 3.45. The van der Waals surface area contributed by atoms with Gasteiger partial charge in [-0.2, -0.15) is 0 Å². The van der Waals surface area contributed by atoms with Gasteiger partial charge in [-0.25, -0.2) is 8.78 Å². The monoisotopic (exact) mass is 280 g/mol. The number of rotatable bonds is 5. The molecule has 0 radical (unpaired) electrons. The summed E-state index contributed by atoms with van der Waals surface area (Å²) in [7, 11) is 0. The number of benzene rings is 1. The van der Waals surface area contributed by atoms with Crippen molar-refractivity contribution in [3.8, 4) is 0 Å². The first-order valence-electron chi connectivity index (χ1n) is 7.37. The molecule has 0 spiro atoms. The standard InChI is InChI=1S/C17H22F2O/c1-3-4-5-6-13-8-10-15(20-11-13)14-9-7-12(2)16(18)17(14)19/h7-9,15H,3-6,10-11H2,1-2H3. The predicted molar refractivity (Wildman–Crippen MR) is 76.6 cm³/mol. The third-order valence-corrected chi connectivity index (χ3v) is 3.84. The summed E-state index contributed by atoms with van der Waals surface area (Å²) in [4.78, 5) is 0. The molecule has 1 aromatic carbocycles. The van der Waals surface area contributed by atoms with Crippen molar-refractivity contribution >= 4 is 0 Å². The Balaban J connectivity index is 2.02. The minimum absolute atomic E-state index is 0.331. The lowest BCUT2D eigenvalue weighted by molar-refractivity contribution is 0.0567. The molecule has 2 rings (SSSR count). The third-order valence-electron chi connectivity index (χ3n) is 3.84. The van der Waals surface area contributed by atoms with Crippen LogP contribution in [0.5, 0.6) is 0 Å². The maximum atomic E-state index is 13.9. The van der Waals surface area contributed by atoms with Gasteiger partial charge < -0.3 is 4.74 Å². The molecular weight excluding hydrogens is 258 g/mol. The molecule has 0 bridgehead atoms. The number of unbranched alkanes of at least 4 members (excludes halogenated alkanes) is 2. The van der Waals surface area contributed by atoms with Crippen LogP contribution in [-0.4, -0.2) is 6.61 Å². The predicted octanol–water partition coefficient (Wildman–Crippen LogP) is 5.24. The van der Waals surface area contributed by atoms with Gasteiger partial charge in [0.15, 0.2) is 11.6 Å². The normalized spacial score (nSPS) is 19.0. The molecule has 0 fully saturated rings. The van der Waals surface area contributed by atoms with Gasteiger partial charge in [-0.05, 0) is 37.3 Å². The first-order valence-corrected chi connectivity index (χ1v) is 7.37. The van der Waals surface area contributed by atoms with E-state index in [2.05, 4.69) is 13.0 Å². The second kappa shape index (κ2) is 6.98. The number of ether oxygens (including phenoxy) is 1. The molecule has 0 aromatic heterocycles. The number of halogens is 2. The molecule has 20 heavy (non-hydrogen) atoms. The van der Waals surface area contributed by atoms with E-state index in [1.165, 1.54) is 24.8 Å². The van der Waals surface area contributed by atoms with Crippen molar-refractivity contribution in [1.29, 1.82) is 0 Å². The van der Waals surface area contributed by atoms with Crippen molar-refractivity contribution in [2.45, 2.75) is 52.1 Å². The Bertz CT molecular complexity index is 494. The second-order valence-electron chi connectivity index (χ2n) is 5.45. The number of hydrogen-bond acceptors (Lipinski definition) is 1. The Morgan fingerprint density at radius 2 is 2.00 bits per heavy atom. The van der Waals surface area contributed by atoms with Crippen LogP contribution in [0, 0.1) is 18.6 Å². The van der Waals surface area contributed by atoms with Crippen LogP contribution in [0.4, 0.5) is 8.78 Å². The van der Waals surface area contributed by atoms with Gasteiger partial charge in [-0.3, -0.25) is 0 Å². The first-order chi connectivity index (χ1) is 9.63. The summed E-state index contributed by atoms with van der Waals surface area (Å²) in [5, 5.41) is 0. The minimum atomic E-state index is -0.766. The molecule has 0 amide bonds. The summed E-state index contributed by atoms with van der Waals surface area (Å²) in [5.74, 6) is -1.53. The van der Waals surface area contributed by atoms with Gasteiger partial charge in [0, 0.05) is 5.56 Å². The van der Waals surface area contributed by atoms with Gasteiger partial charge in [-0.15, -0.1) is 0 Å². The van der Waals surface area contributed by atoms with Crippen molar-refractivity contribution in [3.05, 3.63) is 46.5 Å². The van der Waals surface area contributed by atoms with Crippen molar-refractivity contribution in [2.75, 3.05) is 6.61 Å². The van der Waals surface area contributed by atoms with Crippen LogP contribution < -0.4 is 0 Å². The van der Waals surface area contributed by atoms with Crippen molar-refractivity contribution in [2.24, 2.45) is 0 Å². The number of aryl methyl sites for hydroxylation is 1. The lowest BCUT2D eigenvalue weighted by atomic mass is 9.98. The smallest absolute Gasteiger partial charge is 0.164 e. The van der Waals surface area contributed by atoms with Crippen LogP contribution in [0.25, 0.3) is 0 Å². The zero-order valence-electron chi connectivity index (χ0n) is 12.2. The zero-order chi connectivity index (χ0) is 14.5. The van der Waals surface area contributed by atoms with Gasteiger partial charge >= 0.3 is 0 Å². The first kappa shape index (κ1) is 15.2. The van der Waals surface area contributed by atoms with Gasteiger partial charge in [0.05, 0.1) is 12.7 Å². The van der Waals surface area contributed by atoms with Crippen LogP contribution in [0.15, 0.2) is 23.8 Å². The Kier molecular flexibility index (Phi) is 5.30. The maximum Gasteiger partial charge on any atom is 0.164 e. The fourth-order valence-electron chi connectivity index (χ4n) is 2.51. The van der Waals surface area contributed by atoms with E-state index in [1.807, 2.05) is 0 Å². The Morgan fingerprint density at radius 3 is 2.65 bits per heavy atom. The van der Waals surface area contributed by atoms with E-state index in [9.17, 15) is 8.78 Å².